The largest absolute Gasteiger partial charge is 0.437 e. The van der Waals surface area contributed by atoms with Gasteiger partial charge in [0, 0.05) is 6.20 Å². The number of aromatic amines is 1. The summed E-state index contributed by atoms with van der Waals surface area (Å²) in [4.78, 5) is 11.9. The fourth-order valence-electron chi connectivity index (χ4n) is 3.08. The average Bonchev–Trinajstić information content (AvgIpc) is 3.10. The third-order valence-corrected chi connectivity index (χ3v) is 4.75. The lowest BCUT2D eigenvalue weighted by Gasteiger charge is -2.18. The number of fused-ring (bicyclic) bond motifs is 1. The van der Waals surface area contributed by atoms with Crippen LogP contribution in [0.2, 0.25) is 0 Å². The third-order valence-electron chi connectivity index (χ3n) is 4.75. The molecule has 0 aliphatic rings. The van der Waals surface area contributed by atoms with E-state index in [9.17, 15) is 13.2 Å². The lowest BCUT2D eigenvalue weighted by atomic mass is 9.87. The van der Waals surface area contributed by atoms with Crippen LogP contribution in [0.15, 0.2) is 60.8 Å². The highest BCUT2D eigenvalue weighted by molar-refractivity contribution is 5.79. The van der Waals surface area contributed by atoms with E-state index < -0.39 is 11.7 Å². The predicted octanol–water partition coefficient (Wildman–Crippen LogP) is 6.81. The van der Waals surface area contributed by atoms with Gasteiger partial charge in [0.05, 0.1) is 16.6 Å². The summed E-state index contributed by atoms with van der Waals surface area (Å²) in [5.41, 5.74) is 2.52. The molecule has 31 heavy (non-hydrogen) atoms. The second-order valence-corrected chi connectivity index (χ2v) is 8.18. The molecule has 0 spiro atoms. The number of pyridine rings is 1. The van der Waals surface area contributed by atoms with Crippen LogP contribution in [0, 0.1) is 0 Å². The number of rotatable bonds is 4. The van der Waals surface area contributed by atoms with Gasteiger partial charge in [0.1, 0.15) is 11.4 Å². The van der Waals surface area contributed by atoms with Gasteiger partial charge < -0.3 is 15.0 Å². The van der Waals surface area contributed by atoms with E-state index in [0.29, 0.717) is 11.6 Å². The highest BCUT2D eigenvalue weighted by Crippen LogP contribution is 2.34. The average molecular weight is 426 g/mol. The molecule has 0 aliphatic carbocycles. The number of nitrogens with one attached hydrogen (secondary N) is 2. The van der Waals surface area contributed by atoms with Crippen LogP contribution in [0.4, 0.5) is 24.8 Å². The van der Waals surface area contributed by atoms with E-state index in [0.717, 1.165) is 23.2 Å². The molecule has 2 N–H and O–H groups in total. The first kappa shape index (κ1) is 20.7. The van der Waals surface area contributed by atoms with Crippen LogP contribution in [0.5, 0.6) is 11.6 Å². The Morgan fingerprint density at radius 1 is 0.935 bits per heavy atom. The summed E-state index contributed by atoms with van der Waals surface area (Å²) in [7, 11) is 0. The number of H-pyrrole nitrogens is 1. The Labute approximate surface area is 177 Å². The first-order chi connectivity index (χ1) is 14.6. The van der Waals surface area contributed by atoms with Crippen LogP contribution in [0.25, 0.3) is 11.0 Å². The Morgan fingerprint density at radius 2 is 1.74 bits per heavy atom. The highest BCUT2D eigenvalue weighted by Gasteiger charge is 2.30. The van der Waals surface area contributed by atoms with Crippen molar-refractivity contribution >= 4 is 22.7 Å². The number of anilines is 2. The lowest BCUT2D eigenvalue weighted by Crippen LogP contribution is -2.10. The molecule has 4 aromatic rings. The summed E-state index contributed by atoms with van der Waals surface area (Å²) < 4.78 is 44.6. The zero-order valence-electron chi connectivity index (χ0n) is 17.2. The van der Waals surface area contributed by atoms with Gasteiger partial charge in [0.15, 0.2) is 0 Å². The number of hydrogen-bond donors (Lipinski definition) is 2. The van der Waals surface area contributed by atoms with Crippen LogP contribution in [-0.2, 0) is 11.6 Å². The van der Waals surface area contributed by atoms with E-state index in [2.05, 4.69) is 47.1 Å². The number of ether oxygens (including phenoxy) is 1. The molecule has 0 amide bonds. The summed E-state index contributed by atoms with van der Waals surface area (Å²) in [6.45, 7) is 6.41. The van der Waals surface area contributed by atoms with Crippen LogP contribution < -0.4 is 10.1 Å². The number of aromatic nitrogens is 3. The maximum absolute atomic E-state index is 13.0. The van der Waals surface area contributed by atoms with Crippen molar-refractivity contribution < 1.29 is 17.9 Å². The minimum Gasteiger partial charge on any atom is -0.437 e. The summed E-state index contributed by atoms with van der Waals surface area (Å²) in [5, 5.41) is 3.11. The minimum atomic E-state index is -4.45. The molecule has 4 rings (SSSR count). The number of halogens is 3. The summed E-state index contributed by atoms with van der Waals surface area (Å²) >= 11 is 0. The van der Waals surface area contributed by atoms with Gasteiger partial charge in [0.2, 0.25) is 11.8 Å². The van der Waals surface area contributed by atoms with E-state index in [-0.39, 0.29) is 17.0 Å². The van der Waals surface area contributed by atoms with Gasteiger partial charge >= 0.3 is 6.18 Å². The monoisotopic (exact) mass is 426 g/mol. The number of benzene rings is 2. The first-order valence-corrected chi connectivity index (χ1v) is 9.67. The second kappa shape index (κ2) is 7.61. The molecule has 0 saturated heterocycles. The van der Waals surface area contributed by atoms with Gasteiger partial charge in [-0.1, -0.05) is 32.9 Å². The van der Waals surface area contributed by atoms with Gasteiger partial charge in [-0.05, 0) is 53.4 Å². The Bertz CT molecular complexity index is 1230. The van der Waals surface area contributed by atoms with E-state index >= 15 is 0 Å². The summed E-state index contributed by atoms with van der Waals surface area (Å²) in [5.74, 6) is 0.650. The number of alkyl halides is 3. The molecule has 160 valence electrons. The molecule has 2 heterocycles. The molecular formula is C23H21F3N4O. The van der Waals surface area contributed by atoms with Crippen molar-refractivity contribution in [1.82, 2.24) is 15.0 Å². The normalized spacial score (nSPS) is 12.2. The quantitative estimate of drug-likeness (QED) is 0.376. The smallest absolute Gasteiger partial charge is 0.416 e. The maximum atomic E-state index is 13.0. The van der Waals surface area contributed by atoms with Gasteiger partial charge in [0.25, 0.3) is 0 Å². The molecule has 0 radical (unpaired) electrons. The predicted molar refractivity (Wildman–Crippen MR) is 114 cm³/mol. The van der Waals surface area contributed by atoms with Gasteiger partial charge in [-0.25, -0.2) is 9.97 Å². The summed E-state index contributed by atoms with van der Waals surface area (Å²) in [6, 6.07) is 14.1. The minimum absolute atomic E-state index is 0.00219. The molecule has 0 fully saturated rings. The molecule has 2 aromatic carbocycles. The Balaban J connectivity index is 1.61. The van der Waals surface area contributed by atoms with E-state index in [1.54, 1.807) is 12.1 Å². The molecule has 0 saturated carbocycles. The van der Waals surface area contributed by atoms with Crippen LogP contribution >= 0.6 is 0 Å². The van der Waals surface area contributed by atoms with Crippen molar-refractivity contribution in [2.45, 2.75) is 32.4 Å². The van der Waals surface area contributed by atoms with Crippen molar-refractivity contribution in [3.05, 3.63) is 71.9 Å². The first-order valence-electron chi connectivity index (χ1n) is 9.67. The van der Waals surface area contributed by atoms with Crippen molar-refractivity contribution in [2.75, 3.05) is 5.32 Å². The SMILES string of the molecule is CC(C)(C)c1ccc2nc(Nc3cccnc3Oc3cccc(C(F)(F)F)c3)[nH]c2c1. The van der Waals surface area contributed by atoms with Gasteiger partial charge in [-0.3, -0.25) is 0 Å². The molecule has 2 aromatic heterocycles. The third kappa shape index (κ3) is 4.63. The molecule has 0 bridgehead atoms. The Hall–Kier alpha value is -3.55. The second-order valence-electron chi connectivity index (χ2n) is 8.18. The van der Waals surface area contributed by atoms with Crippen molar-refractivity contribution in [1.29, 1.82) is 0 Å². The molecule has 0 atom stereocenters. The zero-order chi connectivity index (χ0) is 22.2. The van der Waals surface area contributed by atoms with Crippen molar-refractivity contribution in [3.8, 4) is 11.6 Å². The molecular weight excluding hydrogens is 405 g/mol. The van der Waals surface area contributed by atoms with E-state index in [1.165, 1.54) is 23.9 Å². The number of hydrogen-bond acceptors (Lipinski definition) is 4. The van der Waals surface area contributed by atoms with E-state index in [4.69, 9.17) is 4.74 Å². The fraction of sp³-hybridized carbons (Fsp3) is 0.217. The van der Waals surface area contributed by atoms with Gasteiger partial charge in [-0.2, -0.15) is 13.2 Å². The van der Waals surface area contributed by atoms with Gasteiger partial charge in [-0.15, -0.1) is 0 Å². The molecule has 0 unspecified atom stereocenters. The maximum Gasteiger partial charge on any atom is 0.416 e. The molecule has 0 aliphatic heterocycles. The van der Waals surface area contributed by atoms with Crippen LogP contribution in [0.3, 0.4) is 0 Å². The fourth-order valence-corrected chi connectivity index (χ4v) is 3.08. The van der Waals surface area contributed by atoms with Crippen LogP contribution in [-0.4, -0.2) is 15.0 Å². The topological polar surface area (TPSA) is 62.8 Å². The lowest BCUT2D eigenvalue weighted by molar-refractivity contribution is -0.137. The van der Waals surface area contributed by atoms with Crippen LogP contribution in [0.1, 0.15) is 31.9 Å². The number of imidazole rings is 1. The zero-order valence-corrected chi connectivity index (χ0v) is 17.2. The standard InChI is InChI=1S/C23H21F3N4O/c1-22(2,3)14-9-10-17-19(13-14)30-21(28-17)29-18-8-5-11-27-20(18)31-16-7-4-6-15(12-16)23(24,25)26/h4-13H,1-3H3,(H2,28,29,30). The Kier molecular flexibility index (Phi) is 5.08. The van der Waals surface area contributed by atoms with Crippen molar-refractivity contribution in [2.24, 2.45) is 0 Å². The molecule has 5 nitrogen and oxygen atoms in total. The van der Waals surface area contributed by atoms with Crippen molar-refractivity contribution in [3.63, 3.8) is 0 Å². The Morgan fingerprint density at radius 3 is 2.48 bits per heavy atom. The highest BCUT2D eigenvalue weighted by atomic mass is 19.4. The van der Waals surface area contributed by atoms with E-state index in [1.807, 2.05) is 12.1 Å². The summed E-state index contributed by atoms with van der Waals surface area (Å²) in [6.07, 6.45) is -2.95. The molecule has 8 heteroatoms. The number of nitrogens with zero attached hydrogens (tertiary/aromatic N) is 2.